The van der Waals surface area contributed by atoms with Gasteiger partial charge in [0.2, 0.25) is 0 Å². The Kier molecular flexibility index (Phi) is 11.4. The zero-order valence-electron chi connectivity index (χ0n) is 13.1. The molecule has 0 aromatic carbocycles. The first-order chi connectivity index (χ1) is 9.43. The molecule has 0 aliphatic rings. The Morgan fingerprint density at radius 3 is 1.75 bits per heavy atom. The molecule has 0 fully saturated rings. The molecular formula is C15H32O4S. The monoisotopic (exact) mass is 308 g/mol. The maximum atomic E-state index is 11.2. The molecule has 5 heteroatoms. The Morgan fingerprint density at radius 2 is 1.30 bits per heavy atom. The minimum Gasteiger partial charge on any atom is -0.392 e. The van der Waals surface area contributed by atoms with Gasteiger partial charge in [0.05, 0.1) is 6.10 Å². The molecule has 2 unspecified atom stereocenters. The zero-order valence-corrected chi connectivity index (χ0v) is 13.9. The van der Waals surface area contributed by atoms with Crippen LogP contribution in [0.5, 0.6) is 0 Å². The fourth-order valence-corrected chi connectivity index (χ4v) is 3.56. The van der Waals surface area contributed by atoms with E-state index in [4.69, 9.17) is 4.55 Å². The van der Waals surface area contributed by atoms with Crippen LogP contribution in [-0.4, -0.2) is 29.4 Å². The Labute approximate surface area is 124 Å². The summed E-state index contributed by atoms with van der Waals surface area (Å²) in [5.41, 5.74) is 0. The van der Waals surface area contributed by atoms with Gasteiger partial charge in [0, 0.05) is 0 Å². The first-order valence-corrected chi connectivity index (χ1v) is 9.58. The van der Waals surface area contributed by atoms with Crippen molar-refractivity contribution in [3.05, 3.63) is 0 Å². The first kappa shape index (κ1) is 19.9. The van der Waals surface area contributed by atoms with Gasteiger partial charge in [-0.25, -0.2) is 0 Å². The minimum atomic E-state index is -4.13. The molecule has 0 heterocycles. The van der Waals surface area contributed by atoms with Crippen LogP contribution in [-0.2, 0) is 10.1 Å². The smallest absolute Gasteiger partial charge is 0.270 e. The van der Waals surface area contributed by atoms with Gasteiger partial charge >= 0.3 is 0 Å². The predicted molar refractivity (Wildman–Crippen MR) is 83.5 cm³/mol. The van der Waals surface area contributed by atoms with Gasteiger partial charge in [-0.05, 0) is 12.8 Å². The molecule has 122 valence electrons. The van der Waals surface area contributed by atoms with E-state index in [2.05, 4.69) is 6.92 Å². The Hall–Kier alpha value is -0.130. The molecule has 2 N–H and O–H groups in total. The van der Waals surface area contributed by atoms with Crippen LogP contribution >= 0.6 is 0 Å². The molecule has 0 aliphatic heterocycles. The summed E-state index contributed by atoms with van der Waals surface area (Å²) in [6.45, 7) is 4.05. The summed E-state index contributed by atoms with van der Waals surface area (Å²) in [4.78, 5) is 0. The van der Waals surface area contributed by atoms with Crippen LogP contribution in [0.15, 0.2) is 0 Å². The number of hydrogen-bond acceptors (Lipinski definition) is 3. The van der Waals surface area contributed by atoms with E-state index in [9.17, 15) is 13.5 Å². The third kappa shape index (κ3) is 9.72. The Morgan fingerprint density at radius 1 is 0.800 bits per heavy atom. The summed E-state index contributed by atoms with van der Waals surface area (Å²) in [6, 6.07) is 0. The normalized spacial score (nSPS) is 15.2. The van der Waals surface area contributed by atoms with Gasteiger partial charge in [0.15, 0.2) is 0 Å². The van der Waals surface area contributed by atoms with Gasteiger partial charge in [-0.15, -0.1) is 0 Å². The zero-order chi connectivity index (χ0) is 15.4. The van der Waals surface area contributed by atoms with E-state index in [1.165, 1.54) is 32.1 Å². The van der Waals surface area contributed by atoms with E-state index in [1.807, 2.05) is 6.92 Å². The average molecular weight is 308 g/mol. The van der Waals surface area contributed by atoms with Gasteiger partial charge in [-0.1, -0.05) is 71.6 Å². The van der Waals surface area contributed by atoms with Crippen molar-refractivity contribution in [1.29, 1.82) is 0 Å². The van der Waals surface area contributed by atoms with Crippen LogP contribution in [0.3, 0.4) is 0 Å². The molecule has 0 radical (unpaired) electrons. The van der Waals surface area contributed by atoms with E-state index >= 15 is 0 Å². The number of aliphatic hydroxyl groups excluding tert-OH is 1. The standard InChI is InChI=1S/C15H32O4S/c1-3-5-6-7-8-9-10-11-13-14(16)15(12-4-2)20(17,18)19/h14-16H,3-13H2,1-2H3,(H,17,18,19). The molecule has 0 aliphatic carbocycles. The van der Waals surface area contributed by atoms with Gasteiger partial charge in [-0.3, -0.25) is 4.55 Å². The summed E-state index contributed by atoms with van der Waals surface area (Å²) in [5, 5.41) is 8.89. The first-order valence-electron chi connectivity index (χ1n) is 8.07. The van der Waals surface area contributed by atoms with E-state index in [-0.39, 0.29) is 0 Å². The quantitative estimate of drug-likeness (QED) is 0.399. The number of rotatable bonds is 13. The van der Waals surface area contributed by atoms with Gasteiger partial charge in [0.25, 0.3) is 10.1 Å². The molecule has 0 bridgehead atoms. The van der Waals surface area contributed by atoms with Crippen molar-refractivity contribution in [1.82, 2.24) is 0 Å². The summed E-state index contributed by atoms with van der Waals surface area (Å²) >= 11 is 0. The second-order valence-electron chi connectivity index (χ2n) is 5.67. The molecule has 0 rings (SSSR count). The maximum absolute atomic E-state index is 11.2. The predicted octanol–water partition coefficient (Wildman–Crippen LogP) is 3.93. The molecule has 4 nitrogen and oxygen atoms in total. The Balaban J connectivity index is 3.77. The van der Waals surface area contributed by atoms with Gasteiger partial charge in [-0.2, -0.15) is 8.42 Å². The summed E-state index contributed by atoms with van der Waals surface area (Å²) < 4.78 is 31.5. The van der Waals surface area contributed by atoms with E-state index < -0.39 is 21.5 Å². The van der Waals surface area contributed by atoms with Gasteiger partial charge < -0.3 is 5.11 Å². The van der Waals surface area contributed by atoms with Gasteiger partial charge in [0.1, 0.15) is 5.25 Å². The molecular weight excluding hydrogens is 276 g/mol. The molecule has 2 atom stereocenters. The van der Waals surface area contributed by atoms with Crippen molar-refractivity contribution in [3.8, 4) is 0 Å². The second kappa shape index (κ2) is 11.5. The fraction of sp³-hybridized carbons (Fsp3) is 1.00. The van der Waals surface area contributed by atoms with Crippen LogP contribution in [0.25, 0.3) is 0 Å². The summed E-state index contributed by atoms with van der Waals surface area (Å²) in [7, 11) is -4.13. The molecule has 20 heavy (non-hydrogen) atoms. The molecule has 0 spiro atoms. The van der Waals surface area contributed by atoms with Crippen LogP contribution in [0.4, 0.5) is 0 Å². The van der Waals surface area contributed by atoms with Crippen LogP contribution in [0.1, 0.15) is 84.5 Å². The average Bonchev–Trinajstić information content (AvgIpc) is 2.37. The van der Waals surface area contributed by atoms with E-state index in [0.717, 1.165) is 19.3 Å². The summed E-state index contributed by atoms with van der Waals surface area (Å²) in [5.74, 6) is 0. The largest absolute Gasteiger partial charge is 0.392 e. The van der Waals surface area contributed by atoms with Crippen molar-refractivity contribution in [2.24, 2.45) is 0 Å². The highest BCUT2D eigenvalue weighted by molar-refractivity contribution is 7.86. The summed E-state index contributed by atoms with van der Waals surface area (Å²) in [6.07, 6.45) is 9.78. The molecule has 0 saturated heterocycles. The van der Waals surface area contributed by atoms with Crippen molar-refractivity contribution in [2.75, 3.05) is 0 Å². The third-order valence-corrected chi connectivity index (χ3v) is 5.05. The van der Waals surface area contributed by atoms with E-state index in [0.29, 0.717) is 19.3 Å². The SMILES string of the molecule is CCCCCCCCCCC(O)C(CCC)S(=O)(=O)O. The highest BCUT2D eigenvalue weighted by Gasteiger charge is 2.29. The number of hydrogen-bond donors (Lipinski definition) is 2. The van der Waals surface area contributed by atoms with Crippen LogP contribution in [0.2, 0.25) is 0 Å². The fourth-order valence-electron chi connectivity index (χ4n) is 2.50. The minimum absolute atomic E-state index is 0.316. The number of unbranched alkanes of at least 4 members (excludes halogenated alkanes) is 7. The lowest BCUT2D eigenvalue weighted by atomic mass is 10.0. The molecule has 0 aromatic rings. The maximum Gasteiger partial charge on any atom is 0.270 e. The number of aliphatic hydroxyl groups is 1. The van der Waals surface area contributed by atoms with Crippen molar-refractivity contribution >= 4 is 10.1 Å². The van der Waals surface area contributed by atoms with Crippen molar-refractivity contribution in [2.45, 2.75) is 95.8 Å². The molecule has 0 amide bonds. The topological polar surface area (TPSA) is 74.6 Å². The lowest BCUT2D eigenvalue weighted by Crippen LogP contribution is -2.33. The highest BCUT2D eigenvalue weighted by Crippen LogP contribution is 2.18. The third-order valence-electron chi connectivity index (χ3n) is 3.74. The van der Waals surface area contributed by atoms with Crippen molar-refractivity contribution in [3.63, 3.8) is 0 Å². The second-order valence-corrected chi connectivity index (χ2v) is 7.31. The lowest BCUT2D eigenvalue weighted by molar-refractivity contribution is 0.147. The Bertz CT molecular complexity index is 314. The van der Waals surface area contributed by atoms with Crippen molar-refractivity contribution < 1.29 is 18.1 Å². The van der Waals surface area contributed by atoms with E-state index in [1.54, 1.807) is 0 Å². The highest BCUT2D eigenvalue weighted by atomic mass is 32.2. The van der Waals surface area contributed by atoms with Crippen LogP contribution in [0, 0.1) is 0 Å². The lowest BCUT2D eigenvalue weighted by Gasteiger charge is -2.19. The molecule has 0 aromatic heterocycles. The molecule has 0 saturated carbocycles. The van der Waals surface area contributed by atoms with Crippen LogP contribution < -0.4 is 0 Å².